The van der Waals surface area contributed by atoms with Crippen LogP contribution in [-0.2, 0) is 14.3 Å². The number of hydrogen-bond acceptors (Lipinski definition) is 7. The smallest absolute Gasteiger partial charge is 0.295 e. The van der Waals surface area contributed by atoms with Gasteiger partial charge >= 0.3 is 0 Å². The monoisotopic (exact) mass is 550 g/mol. The zero-order valence-corrected chi connectivity index (χ0v) is 24.0. The van der Waals surface area contributed by atoms with Gasteiger partial charge in [0.25, 0.3) is 11.7 Å². The largest absolute Gasteiger partial charge is 0.507 e. The highest BCUT2D eigenvalue weighted by Gasteiger charge is 2.45. The molecule has 0 radical (unpaired) electrons. The van der Waals surface area contributed by atoms with Gasteiger partial charge in [0.1, 0.15) is 17.3 Å². The zero-order chi connectivity index (χ0) is 28.5. The molecule has 1 unspecified atom stereocenters. The van der Waals surface area contributed by atoms with Crippen LogP contribution in [0.4, 0.5) is 0 Å². The van der Waals surface area contributed by atoms with Crippen molar-refractivity contribution >= 4 is 17.4 Å². The Kier molecular flexibility index (Phi) is 10.6. The Bertz CT molecular complexity index is 1190. The summed E-state index contributed by atoms with van der Waals surface area (Å²) in [7, 11) is 0. The molecule has 2 aliphatic heterocycles. The third-order valence-corrected chi connectivity index (χ3v) is 7.48. The first kappa shape index (κ1) is 29.6. The number of ether oxygens (including phenoxy) is 3. The highest BCUT2D eigenvalue weighted by Crippen LogP contribution is 2.40. The van der Waals surface area contributed by atoms with Gasteiger partial charge in [-0.2, -0.15) is 0 Å². The molecule has 1 amide bonds. The Labute approximate surface area is 237 Å². The summed E-state index contributed by atoms with van der Waals surface area (Å²) in [5, 5.41) is 11.4. The van der Waals surface area contributed by atoms with E-state index in [9.17, 15) is 14.7 Å². The second-order valence-corrected chi connectivity index (χ2v) is 10.3. The maximum atomic E-state index is 13.4. The second-order valence-electron chi connectivity index (χ2n) is 10.3. The first-order valence-electron chi connectivity index (χ1n) is 14.5. The molecule has 2 aliphatic rings. The maximum absolute atomic E-state index is 13.4. The number of aliphatic hydroxyl groups is 1. The maximum Gasteiger partial charge on any atom is 0.295 e. The number of nitrogens with zero attached hydrogens (tertiary/aromatic N) is 2. The number of hydrogen-bond donors (Lipinski definition) is 1. The molecule has 2 saturated heterocycles. The SMILES string of the molecule is CCCCCOc1ccc(C2C(=C(O)c3ccc(OCC)c(C)c3)C(=O)C(=O)N2CCCN2CCOCC2)cc1. The summed E-state index contributed by atoms with van der Waals surface area (Å²) < 4.78 is 17.0. The molecule has 8 nitrogen and oxygen atoms in total. The highest BCUT2D eigenvalue weighted by molar-refractivity contribution is 6.46. The summed E-state index contributed by atoms with van der Waals surface area (Å²) in [5.74, 6) is 0.0291. The van der Waals surface area contributed by atoms with E-state index in [1.165, 1.54) is 0 Å². The van der Waals surface area contributed by atoms with Crippen molar-refractivity contribution in [3.8, 4) is 11.5 Å². The number of carbonyl (C=O) groups excluding carboxylic acids is 2. The van der Waals surface area contributed by atoms with Crippen LogP contribution in [0.5, 0.6) is 11.5 Å². The summed E-state index contributed by atoms with van der Waals surface area (Å²) in [6, 6.07) is 12.1. The molecule has 0 aromatic heterocycles. The molecule has 0 aliphatic carbocycles. The number of benzene rings is 2. The van der Waals surface area contributed by atoms with Gasteiger partial charge < -0.3 is 24.2 Å². The number of rotatable bonds is 13. The number of carbonyl (C=O) groups is 2. The van der Waals surface area contributed by atoms with Crippen molar-refractivity contribution in [1.82, 2.24) is 9.80 Å². The number of ketones is 1. The summed E-state index contributed by atoms with van der Waals surface area (Å²) in [6.45, 7) is 11.5. The fraction of sp³-hybridized carbons (Fsp3) is 0.500. The number of aliphatic hydroxyl groups excluding tert-OH is 1. The minimum absolute atomic E-state index is 0.108. The van der Waals surface area contributed by atoms with Gasteiger partial charge in [-0.25, -0.2) is 0 Å². The van der Waals surface area contributed by atoms with Gasteiger partial charge in [0, 0.05) is 31.7 Å². The van der Waals surface area contributed by atoms with Crippen molar-refractivity contribution in [3.05, 3.63) is 64.7 Å². The second kappa shape index (κ2) is 14.3. The first-order valence-corrected chi connectivity index (χ1v) is 14.5. The number of amides is 1. The topological polar surface area (TPSA) is 88.5 Å². The minimum Gasteiger partial charge on any atom is -0.507 e. The lowest BCUT2D eigenvalue weighted by Gasteiger charge is -2.29. The lowest BCUT2D eigenvalue weighted by atomic mass is 9.94. The Morgan fingerprint density at radius 3 is 2.40 bits per heavy atom. The van der Waals surface area contributed by atoms with E-state index >= 15 is 0 Å². The van der Waals surface area contributed by atoms with Crippen molar-refractivity contribution in [1.29, 1.82) is 0 Å². The summed E-state index contributed by atoms with van der Waals surface area (Å²) in [5.41, 5.74) is 2.19. The van der Waals surface area contributed by atoms with Crippen molar-refractivity contribution in [2.45, 2.75) is 52.5 Å². The van der Waals surface area contributed by atoms with Crippen LogP contribution < -0.4 is 9.47 Å². The number of aryl methyl sites for hydroxylation is 1. The molecule has 2 aromatic carbocycles. The van der Waals surface area contributed by atoms with Gasteiger partial charge in [-0.15, -0.1) is 0 Å². The van der Waals surface area contributed by atoms with Crippen molar-refractivity contribution in [3.63, 3.8) is 0 Å². The van der Waals surface area contributed by atoms with Gasteiger partial charge in [0.2, 0.25) is 0 Å². The molecule has 0 spiro atoms. The number of morpholine rings is 1. The van der Waals surface area contributed by atoms with E-state index in [1.807, 2.05) is 38.1 Å². The Hall–Kier alpha value is -3.36. The van der Waals surface area contributed by atoms with E-state index in [1.54, 1.807) is 23.1 Å². The van der Waals surface area contributed by atoms with Crippen LogP contribution >= 0.6 is 0 Å². The zero-order valence-electron chi connectivity index (χ0n) is 24.0. The lowest BCUT2D eigenvalue weighted by molar-refractivity contribution is -0.140. The van der Waals surface area contributed by atoms with Gasteiger partial charge in [-0.3, -0.25) is 14.5 Å². The highest BCUT2D eigenvalue weighted by atomic mass is 16.5. The molecular formula is C32H42N2O6. The quantitative estimate of drug-likeness (QED) is 0.161. The standard InChI is InChI=1S/C32H42N2O6/c1-4-6-7-19-40-26-12-9-24(10-13-26)29-28(30(35)25-11-14-27(39-5-2)23(3)22-25)31(36)32(37)34(29)16-8-15-33-17-20-38-21-18-33/h9-14,22,29,35H,4-8,15-21H2,1-3H3. The van der Waals surface area contributed by atoms with E-state index in [-0.39, 0.29) is 11.3 Å². The first-order chi connectivity index (χ1) is 19.4. The molecule has 2 aromatic rings. The average molecular weight is 551 g/mol. The molecule has 40 heavy (non-hydrogen) atoms. The summed E-state index contributed by atoms with van der Waals surface area (Å²) in [6.07, 6.45) is 3.94. The van der Waals surface area contributed by atoms with E-state index in [4.69, 9.17) is 14.2 Å². The van der Waals surface area contributed by atoms with Gasteiger partial charge in [-0.1, -0.05) is 31.9 Å². The molecular weight excluding hydrogens is 508 g/mol. The third-order valence-electron chi connectivity index (χ3n) is 7.48. The molecule has 8 heteroatoms. The molecule has 216 valence electrons. The Balaban J connectivity index is 1.63. The predicted octanol–water partition coefficient (Wildman–Crippen LogP) is 5.11. The van der Waals surface area contributed by atoms with Gasteiger partial charge in [0.15, 0.2) is 0 Å². The van der Waals surface area contributed by atoms with Crippen LogP contribution in [0.3, 0.4) is 0 Å². The van der Waals surface area contributed by atoms with Crippen LogP contribution in [0.15, 0.2) is 48.0 Å². The normalized spacial score (nSPS) is 19.3. The van der Waals surface area contributed by atoms with E-state index in [0.717, 1.165) is 55.8 Å². The van der Waals surface area contributed by atoms with Crippen LogP contribution in [0.25, 0.3) is 5.76 Å². The van der Waals surface area contributed by atoms with E-state index in [0.29, 0.717) is 50.7 Å². The molecule has 1 atom stereocenters. The number of likely N-dealkylation sites (tertiary alicyclic amines) is 1. The van der Waals surface area contributed by atoms with Crippen LogP contribution in [0.2, 0.25) is 0 Å². The van der Waals surface area contributed by atoms with E-state index in [2.05, 4.69) is 11.8 Å². The number of Topliss-reactive ketones (excluding diaryl/α,β-unsaturated/α-hetero) is 1. The van der Waals surface area contributed by atoms with Crippen molar-refractivity contribution < 1.29 is 28.9 Å². The molecule has 0 bridgehead atoms. The van der Waals surface area contributed by atoms with Crippen molar-refractivity contribution in [2.75, 3.05) is 52.6 Å². The van der Waals surface area contributed by atoms with Gasteiger partial charge in [0.05, 0.1) is 38.0 Å². The Morgan fingerprint density at radius 1 is 0.975 bits per heavy atom. The molecule has 2 heterocycles. The molecule has 2 fully saturated rings. The molecule has 0 saturated carbocycles. The average Bonchev–Trinajstić information content (AvgIpc) is 3.22. The Morgan fingerprint density at radius 2 is 1.73 bits per heavy atom. The fourth-order valence-electron chi connectivity index (χ4n) is 5.30. The van der Waals surface area contributed by atoms with Crippen LogP contribution in [0, 0.1) is 6.92 Å². The fourth-order valence-corrected chi connectivity index (χ4v) is 5.30. The lowest BCUT2D eigenvalue weighted by Crippen LogP contribution is -2.38. The predicted molar refractivity (Wildman–Crippen MR) is 155 cm³/mol. The summed E-state index contributed by atoms with van der Waals surface area (Å²) in [4.78, 5) is 30.7. The minimum atomic E-state index is -0.689. The number of unbranched alkanes of at least 4 members (excludes halogenated alkanes) is 2. The summed E-state index contributed by atoms with van der Waals surface area (Å²) >= 11 is 0. The molecule has 4 rings (SSSR count). The van der Waals surface area contributed by atoms with Gasteiger partial charge in [-0.05, 0) is 68.1 Å². The third kappa shape index (κ3) is 7.04. The van der Waals surface area contributed by atoms with Crippen LogP contribution in [-0.4, -0.2) is 79.2 Å². The van der Waals surface area contributed by atoms with E-state index < -0.39 is 17.7 Å². The van der Waals surface area contributed by atoms with Crippen LogP contribution in [0.1, 0.15) is 62.3 Å². The molecule has 1 N–H and O–H groups in total. The van der Waals surface area contributed by atoms with Crippen molar-refractivity contribution in [2.24, 2.45) is 0 Å².